The van der Waals surface area contributed by atoms with Gasteiger partial charge in [0, 0.05) is 13.1 Å². The van der Waals surface area contributed by atoms with Gasteiger partial charge in [-0.2, -0.15) is 0 Å². The van der Waals surface area contributed by atoms with Gasteiger partial charge in [0.1, 0.15) is 11.2 Å². The fourth-order valence-corrected chi connectivity index (χ4v) is 3.56. The average molecular weight is 419 g/mol. The largest absolute Gasteiger partial charge is 0.488 e. The quantitative estimate of drug-likeness (QED) is 0.561. The Kier molecular flexibility index (Phi) is 7.58. The molecule has 1 aliphatic rings. The summed E-state index contributed by atoms with van der Waals surface area (Å²) >= 11 is 0. The van der Waals surface area contributed by atoms with Crippen LogP contribution in [0.3, 0.4) is 0 Å². The molecule has 7 nitrogen and oxygen atoms in total. The third-order valence-electron chi connectivity index (χ3n) is 4.86. The van der Waals surface area contributed by atoms with Crippen LogP contribution in [0.15, 0.2) is 24.3 Å². The van der Waals surface area contributed by atoms with E-state index in [1.165, 1.54) is 0 Å². The topological polar surface area (TPSA) is 96.3 Å². The van der Waals surface area contributed by atoms with Gasteiger partial charge in [-0.1, -0.05) is 24.3 Å². The molecular formula is C22H34BNO6. The molecule has 0 saturated carbocycles. The van der Waals surface area contributed by atoms with Crippen molar-refractivity contribution in [2.24, 2.45) is 11.8 Å². The minimum atomic E-state index is -1.57. The standard InChI is InChI=1S/C22H34BNO6/c1-21(2,3)29-19(25)18(13-15-8-7-9-17(12-15)23(27)28)16-10-11-24(14-16)20(26)30-22(4,5)6/h7-9,12,16,18,27-28H,10-11,13-14H2,1-6H3/t16-,18-/m0/s1. The molecule has 1 aromatic rings. The lowest BCUT2D eigenvalue weighted by Gasteiger charge is -2.28. The molecule has 1 amide bonds. The van der Waals surface area contributed by atoms with Crippen molar-refractivity contribution in [3.63, 3.8) is 0 Å². The van der Waals surface area contributed by atoms with Crippen LogP contribution in [0.5, 0.6) is 0 Å². The van der Waals surface area contributed by atoms with Crippen molar-refractivity contribution in [1.82, 2.24) is 4.90 Å². The van der Waals surface area contributed by atoms with Gasteiger partial charge in [0.15, 0.2) is 0 Å². The number of amides is 1. The summed E-state index contributed by atoms with van der Waals surface area (Å²) in [7, 11) is -1.57. The number of nitrogens with zero attached hydrogens (tertiary/aromatic N) is 1. The van der Waals surface area contributed by atoms with E-state index in [4.69, 9.17) is 9.47 Å². The van der Waals surface area contributed by atoms with Crippen LogP contribution in [0.4, 0.5) is 4.79 Å². The lowest BCUT2D eigenvalue weighted by Crippen LogP contribution is -2.38. The van der Waals surface area contributed by atoms with Crippen molar-refractivity contribution in [1.29, 1.82) is 0 Å². The Morgan fingerprint density at radius 1 is 1.13 bits per heavy atom. The Balaban J connectivity index is 2.19. The molecule has 30 heavy (non-hydrogen) atoms. The van der Waals surface area contributed by atoms with Gasteiger partial charge in [-0.3, -0.25) is 4.79 Å². The molecule has 1 saturated heterocycles. The second-order valence-electron chi connectivity index (χ2n) is 9.94. The van der Waals surface area contributed by atoms with Crippen molar-refractivity contribution in [2.75, 3.05) is 13.1 Å². The van der Waals surface area contributed by atoms with Crippen molar-refractivity contribution in [3.8, 4) is 0 Å². The monoisotopic (exact) mass is 419 g/mol. The number of likely N-dealkylation sites (tertiary alicyclic amines) is 1. The number of benzene rings is 1. The van der Waals surface area contributed by atoms with E-state index in [9.17, 15) is 19.6 Å². The summed E-state index contributed by atoms with van der Waals surface area (Å²) in [4.78, 5) is 27.1. The second-order valence-corrected chi connectivity index (χ2v) is 9.94. The lowest BCUT2D eigenvalue weighted by molar-refractivity contribution is -0.161. The van der Waals surface area contributed by atoms with Gasteiger partial charge in [0.2, 0.25) is 0 Å². The number of esters is 1. The molecule has 0 aromatic heterocycles. The summed E-state index contributed by atoms with van der Waals surface area (Å²) < 4.78 is 11.1. The predicted octanol–water partition coefficient (Wildman–Crippen LogP) is 2.12. The summed E-state index contributed by atoms with van der Waals surface area (Å²) in [6, 6.07) is 6.89. The van der Waals surface area contributed by atoms with E-state index in [1.807, 2.05) is 47.6 Å². The molecule has 0 unspecified atom stereocenters. The lowest BCUT2D eigenvalue weighted by atomic mass is 9.78. The van der Waals surface area contributed by atoms with Crippen LogP contribution in [-0.4, -0.2) is 58.4 Å². The SMILES string of the molecule is CC(C)(C)OC(=O)[C@@H](Cc1cccc(B(O)O)c1)[C@H]1CCN(C(=O)OC(C)(C)C)C1. The van der Waals surface area contributed by atoms with E-state index >= 15 is 0 Å². The van der Waals surface area contributed by atoms with Crippen LogP contribution >= 0.6 is 0 Å². The van der Waals surface area contributed by atoms with Gasteiger partial charge >= 0.3 is 19.2 Å². The molecule has 1 heterocycles. The molecule has 1 aromatic carbocycles. The van der Waals surface area contributed by atoms with Crippen molar-refractivity contribution in [3.05, 3.63) is 29.8 Å². The number of hydrogen-bond donors (Lipinski definition) is 2. The summed E-state index contributed by atoms with van der Waals surface area (Å²) in [6.07, 6.45) is 0.687. The van der Waals surface area contributed by atoms with Crippen LogP contribution in [0.25, 0.3) is 0 Å². The number of carbonyl (C=O) groups is 2. The highest BCUT2D eigenvalue weighted by molar-refractivity contribution is 6.58. The van der Waals surface area contributed by atoms with Gasteiger partial charge in [-0.15, -0.1) is 0 Å². The molecule has 166 valence electrons. The zero-order valence-corrected chi connectivity index (χ0v) is 18.8. The fourth-order valence-electron chi connectivity index (χ4n) is 3.56. The maximum absolute atomic E-state index is 13.0. The third kappa shape index (κ3) is 7.33. The van der Waals surface area contributed by atoms with Gasteiger partial charge in [0.25, 0.3) is 0 Å². The highest BCUT2D eigenvalue weighted by Gasteiger charge is 2.39. The molecule has 1 aliphatic heterocycles. The van der Waals surface area contributed by atoms with E-state index in [1.54, 1.807) is 23.1 Å². The van der Waals surface area contributed by atoms with Gasteiger partial charge in [-0.05, 0) is 71.3 Å². The van der Waals surface area contributed by atoms with Crippen LogP contribution in [0.2, 0.25) is 0 Å². The Bertz CT molecular complexity index is 753. The van der Waals surface area contributed by atoms with E-state index in [0.717, 1.165) is 5.56 Å². The van der Waals surface area contributed by atoms with Crippen LogP contribution < -0.4 is 5.46 Å². The Morgan fingerprint density at radius 2 is 1.77 bits per heavy atom. The Labute approximate surface area is 179 Å². The first-order chi connectivity index (χ1) is 13.7. The average Bonchev–Trinajstić information content (AvgIpc) is 3.06. The first-order valence-electron chi connectivity index (χ1n) is 10.4. The van der Waals surface area contributed by atoms with E-state index < -0.39 is 24.2 Å². The molecule has 0 spiro atoms. The molecule has 2 atom stereocenters. The second kappa shape index (κ2) is 9.39. The normalized spacial score (nSPS) is 18.1. The van der Waals surface area contributed by atoms with E-state index in [-0.39, 0.29) is 18.0 Å². The molecule has 1 fully saturated rings. The minimum Gasteiger partial charge on any atom is -0.460 e. The first-order valence-corrected chi connectivity index (χ1v) is 10.4. The maximum Gasteiger partial charge on any atom is 0.488 e. The van der Waals surface area contributed by atoms with Gasteiger partial charge in [-0.25, -0.2) is 4.79 Å². The molecule has 2 N–H and O–H groups in total. The van der Waals surface area contributed by atoms with Gasteiger partial charge < -0.3 is 24.4 Å². The Morgan fingerprint density at radius 3 is 2.33 bits per heavy atom. The highest BCUT2D eigenvalue weighted by atomic mass is 16.6. The van der Waals surface area contributed by atoms with E-state index in [2.05, 4.69) is 0 Å². The minimum absolute atomic E-state index is 0.0740. The molecular weight excluding hydrogens is 385 g/mol. The molecule has 0 radical (unpaired) electrons. The third-order valence-corrected chi connectivity index (χ3v) is 4.86. The zero-order chi connectivity index (χ0) is 22.7. The van der Waals surface area contributed by atoms with Crippen molar-refractivity contribution in [2.45, 2.75) is 65.6 Å². The van der Waals surface area contributed by atoms with E-state index in [0.29, 0.717) is 31.4 Å². The highest BCUT2D eigenvalue weighted by Crippen LogP contribution is 2.30. The van der Waals surface area contributed by atoms with Crippen LogP contribution in [0, 0.1) is 11.8 Å². The van der Waals surface area contributed by atoms with Crippen LogP contribution in [-0.2, 0) is 20.7 Å². The summed E-state index contributed by atoms with van der Waals surface area (Å²) in [5.41, 5.74) is -0.0165. The number of rotatable bonds is 5. The first kappa shape index (κ1) is 24.2. The maximum atomic E-state index is 13.0. The summed E-state index contributed by atoms with van der Waals surface area (Å²) in [6.45, 7) is 11.9. The smallest absolute Gasteiger partial charge is 0.460 e. The van der Waals surface area contributed by atoms with Crippen molar-refractivity contribution >= 4 is 24.6 Å². The molecule has 0 aliphatic carbocycles. The fraction of sp³-hybridized carbons (Fsp3) is 0.636. The predicted molar refractivity (Wildman–Crippen MR) is 115 cm³/mol. The molecule has 0 bridgehead atoms. The summed E-state index contributed by atoms with van der Waals surface area (Å²) in [5.74, 6) is -0.841. The summed E-state index contributed by atoms with van der Waals surface area (Å²) in [5, 5.41) is 18.9. The Hall–Kier alpha value is -2.06. The number of ether oxygens (including phenoxy) is 2. The van der Waals surface area contributed by atoms with Crippen molar-refractivity contribution < 1.29 is 29.1 Å². The zero-order valence-electron chi connectivity index (χ0n) is 18.8. The number of carbonyl (C=O) groups excluding carboxylic acids is 2. The molecule has 2 rings (SSSR count). The van der Waals surface area contributed by atoms with Gasteiger partial charge in [0.05, 0.1) is 5.92 Å². The van der Waals surface area contributed by atoms with Crippen LogP contribution in [0.1, 0.15) is 53.5 Å². The molecule has 8 heteroatoms. The number of hydrogen-bond acceptors (Lipinski definition) is 6.